The highest BCUT2D eigenvalue weighted by Gasteiger charge is 2.00. The van der Waals surface area contributed by atoms with Crippen LogP contribution in [-0.2, 0) is 6.42 Å². The Labute approximate surface area is 132 Å². The quantitative estimate of drug-likeness (QED) is 0.746. The standard InChI is InChI=1S/C8H10.C5H11NOS.CH3NOS/c1-2-8-6-4-3-5-7-8;1-3-6(4-2)5(7)8;2-1(3)4/h3-7H,2H2,1H3;3-4H2,1-2H3,(H,7,8);(H3,2,3,4). The maximum absolute atomic E-state index is 10.4. The van der Waals surface area contributed by atoms with E-state index in [2.05, 4.69) is 62.2 Å². The second-order valence-electron chi connectivity index (χ2n) is 3.63. The monoisotopic (exact) mass is 316 g/mol. The molecule has 6 heteroatoms. The van der Waals surface area contributed by atoms with Crippen molar-refractivity contribution in [3.05, 3.63) is 35.9 Å². The number of amides is 2. The van der Waals surface area contributed by atoms with Crippen molar-refractivity contribution in [3.63, 3.8) is 0 Å². The largest absolute Gasteiger partial charge is 0.361 e. The van der Waals surface area contributed by atoms with Crippen molar-refractivity contribution >= 4 is 35.7 Å². The molecule has 0 fully saturated rings. The molecular formula is C14H24N2O2S2. The van der Waals surface area contributed by atoms with E-state index >= 15 is 0 Å². The van der Waals surface area contributed by atoms with Gasteiger partial charge in [0.25, 0.3) is 10.5 Å². The normalized spacial score (nSPS) is 8.45. The van der Waals surface area contributed by atoms with Gasteiger partial charge in [-0.3, -0.25) is 9.59 Å². The van der Waals surface area contributed by atoms with Gasteiger partial charge in [-0.05, 0) is 25.8 Å². The highest BCUT2D eigenvalue weighted by Crippen LogP contribution is 1.96. The zero-order chi connectivity index (χ0) is 16.0. The third-order valence-electron chi connectivity index (χ3n) is 2.29. The number of aryl methyl sites for hydroxylation is 1. The van der Waals surface area contributed by atoms with Crippen LogP contribution in [0.1, 0.15) is 26.3 Å². The summed E-state index contributed by atoms with van der Waals surface area (Å²) in [5.74, 6) is 0. The van der Waals surface area contributed by atoms with Gasteiger partial charge in [0, 0.05) is 13.1 Å². The third kappa shape index (κ3) is 14.9. The summed E-state index contributed by atoms with van der Waals surface area (Å²) < 4.78 is 0. The molecule has 1 aromatic carbocycles. The second kappa shape index (κ2) is 14.3. The predicted molar refractivity (Wildman–Crippen MR) is 91.7 cm³/mol. The van der Waals surface area contributed by atoms with E-state index in [1.807, 2.05) is 19.9 Å². The Bertz CT molecular complexity index is 365. The number of hydrogen-bond donors (Lipinski definition) is 3. The molecule has 2 N–H and O–H groups in total. The van der Waals surface area contributed by atoms with E-state index in [1.165, 1.54) is 5.56 Å². The molecule has 0 unspecified atom stereocenters. The molecular weight excluding hydrogens is 292 g/mol. The molecule has 0 aliphatic rings. The maximum atomic E-state index is 10.4. The topological polar surface area (TPSA) is 63.4 Å². The summed E-state index contributed by atoms with van der Waals surface area (Å²) >= 11 is 6.75. The molecule has 0 saturated carbocycles. The Kier molecular flexibility index (Phi) is 15.1. The summed E-state index contributed by atoms with van der Waals surface area (Å²) in [7, 11) is 0. The minimum atomic E-state index is -0.639. The first-order chi connectivity index (χ1) is 9.38. The Morgan fingerprint density at radius 1 is 1.05 bits per heavy atom. The zero-order valence-electron chi connectivity index (χ0n) is 12.2. The van der Waals surface area contributed by atoms with Gasteiger partial charge in [0.05, 0.1) is 0 Å². The van der Waals surface area contributed by atoms with Gasteiger partial charge < -0.3 is 10.6 Å². The van der Waals surface area contributed by atoms with E-state index in [1.54, 1.807) is 4.90 Å². The van der Waals surface area contributed by atoms with Gasteiger partial charge in [-0.25, -0.2) is 0 Å². The van der Waals surface area contributed by atoms with Gasteiger partial charge in [-0.2, -0.15) is 0 Å². The lowest BCUT2D eigenvalue weighted by molar-refractivity contribution is 0.229. The molecule has 0 aliphatic heterocycles. The van der Waals surface area contributed by atoms with Crippen molar-refractivity contribution in [1.82, 2.24) is 4.90 Å². The molecule has 0 bridgehead atoms. The first-order valence-corrected chi connectivity index (χ1v) is 7.28. The van der Waals surface area contributed by atoms with Crippen LogP contribution in [0.5, 0.6) is 0 Å². The van der Waals surface area contributed by atoms with Gasteiger partial charge in [0.15, 0.2) is 0 Å². The molecule has 20 heavy (non-hydrogen) atoms. The van der Waals surface area contributed by atoms with E-state index in [0.29, 0.717) is 0 Å². The number of rotatable bonds is 3. The molecule has 0 aromatic heterocycles. The van der Waals surface area contributed by atoms with Crippen molar-refractivity contribution in [2.45, 2.75) is 27.2 Å². The average molecular weight is 316 g/mol. The minimum absolute atomic E-state index is 0.144. The number of nitrogens with zero attached hydrogens (tertiary/aromatic N) is 1. The molecule has 1 rings (SSSR count). The molecule has 0 radical (unpaired) electrons. The molecule has 0 saturated heterocycles. The Morgan fingerprint density at radius 2 is 1.45 bits per heavy atom. The van der Waals surface area contributed by atoms with E-state index in [9.17, 15) is 4.79 Å². The average Bonchev–Trinajstić information content (AvgIpc) is 2.41. The fraction of sp³-hybridized carbons (Fsp3) is 0.429. The Morgan fingerprint density at radius 3 is 1.60 bits per heavy atom. The van der Waals surface area contributed by atoms with Gasteiger partial charge in [0.1, 0.15) is 0 Å². The van der Waals surface area contributed by atoms with Crippen LogP contribution >= 0.6 is 25.3 Å². The van der Waals surface area contributed by atoms with Gasteiger partial charge in [0.2, 0.25) is 0 Å². The lowest BCUT2D eigenvalue weighted by Gasteiger charge is -2.13. The highest BCUT2D eigenvalue weighted by atomic mass is 32.1. The number of carbonyl (C=O) groups excluding carboxylic acids is 2. The van der Waals surface area contributed by atoms with Crippen LogP contribution in [0.4, 0.5) is 9.59 Å². The van der Waals surface area contributed by atoms with Crippen LogP contribution in [0.15, 0.2) is 30.3 Å². The van der Waals surface area contributed by atoms with E-state index in [-0.39, 0.29) is 5.24 Å². The summed E-state index contributed by atoms with van der Waals surface area (Å²) in [6.07, 6.45) is 1.14. The molecule has 0 aliphatic carbocycles. The Balaban J connectivity index is 0. The lowest BCUT2D eigenvalue weighted by atomic mass is 10.2. The number of hydrogen-bond acceptors (Lipinski definition) is 2. The zero-order valence-corrected chi connectivity index (χ0v) is 14.0. The van der Waals surface area contributed by atoms with Crippen LogP contribution in [-0.4, -0.2) is 28.5 Å². The number of thiol groups is 2. The summed E-state index contributed by atoms with van der Waals surface area (Å²) in [6, 6.07) is 10.5. The molecule has 0 spiro atoms. The van der Waals surface area contributed by atoms with Crippen LogP contribution in [0, 0.1) is 0 Å². The van der Waals surface area contributed by atoms with E-state index in [4.69, 9.17) is 4.79 Å². The summed E-state index contributed by atoms with van der Waals surface area (Å²) in [6.45, 7) is 7.52. The van der Waals surface area contributed by atoms with Gasteiger partial charge in [-0.15, -0.1) is 0 Å². The SMILES string of the molecule is CCN(CC)C(=O)S.CCc1ccccc1.NC(=O)S. The van der Waals surface area contributed by atoms with E-state index in [0.717, 1.165) is 19.5 Å². The molecule has 114 valence electrons. The minimum Gasteiger partial charge on any atom is -0.361 e. The molecule has 2 amide bonds. The first kappa shape index (κ1) is 21.2. The molecule has 1 aromatic rings. The fourth-order valence-electron chi connectivity index (χ4n) is 1.21. The third-order valence-corrected chi connectivity index (χ3v) is 2.57. The van der Waals surface area contributed by atoms with Gasteiger partial charge in [-0.1, -0.05) is 62.5 Å². The van der Waals surface area contributed by atoms with Gasteiger partial charge >= 0.3 is 0 Å². The van der Waals surface area contributed by atoms with Crippen molar-refractivity contribution in [3.8, 4) is 0 Å². The second-order valence-corrected chi connectivity index (χ2v) is 4.46. The first-order valence-electron chi connectivity index (χ1n) is 6.39. The lowest BCUT2D eigenvalue weighted by Crippen LogP contribution is -2.24. The van der Waals surface area contributed by atoms with Crippen LogP contribution in [0.3, 0.4) is 0 Å². The highest BCUT2D eigenvalue weighted by molar-refractivity contribution is 7.96. The van der Waals surface area contributed by atoms with Crippen molar-refractivity contribution < 1.29 is 9.59 Å². The van der Waals surface area contributed by atoms with Crippen LogP contribution < -0.4 is 5.73 Å². The van der Waals surface area contributed by atoms with Crippen molar-refractivity contribution in [2.24, 2.45) is 5.73 Å². The summed E-state index contributed by atoms with van der Waals surface area (Å²) in [4.78, 5) is 21.1. The number of benzene rings is 1. The molecule has 4 nitrogen and oxygen atoms in total. The number of nitrogens with two attached hydrogens (primary N) is 1. The predicted octanol–water partition coefficient (Wildman–Crippen LogP) is 3.62. The summed E-state index contributed by atoms with van der Waals surface area (Å²) in [5.41, 5.74) is 5.75. The molecule has 0 heterocycles. The summed E-state index contributed by atoms with van der Waals surface area (Å²) in [5, 5.41) is -0.782. The van der Waals surface area contributed by atoms with Crippen LogP contribution in [0.2, 0.25) is 0 Å². The Hall–Kier alpha value is -1.14. The van der Waals surface area contributed by atoms with Crippen molar-refractivity contribution in [2.75, 3.05) is 13.1 Å². The maximum Gasteiger partial charge on any atom is 0.278 e. The number of primary amides is 1. The smallest absolute Gasteiger partial charge is 0.278 e. The fourth-order valence-corrected chi connectivity index (χ4v) is 1.49. The number of carbonyl (C=O) groups is 2. The van der Waals surface area contributed by atoms with Crippen molar-refractivity contribution in [1.29, 1.82) is 0 Å². The molecule has 0 atom stereocenters. The van der Waals surface area contributed by atoms with Crippen LogP contribution in [0.25, 0.3) is 0 Å². The van der Waals surface area contributed by atoms with E-state index < -0.39 is 5.24 Å².